The van der Waals surface area contributed by atoms with Gasteiger partial charge in [-0.1, -0.05) is 80.9 Å². The van der Waals surface area contributed by atoms with E-state index < -0.39 is 0 Å². The molecule has 0 aliphatic rings. The maximum atomic E-state index is 13.3. The Morgan fingerprint density at radius 3 is 2.35 bits per heavy atom. The number of hydrazone groups is 1. The van der Waals surface area contributed by atoms with Crippen LogP contribution in [0.1, 0.15) is 49.2 Å². The van der Waals surface area contributed by atoms with Crippen molar-refractivity contribution in [2.75, 3.05) is 5.32 Å². The summed E-state index contributed by atoms with van der Waals surface area (Å²) < 4.78 is 0. The Morgan fingerprint density at radius 2 is 1.70 bits per heavy atom. The Balaban J connectivity index is 1.61. The highest BCUT2D eigenvalue weighted by atomic mass is 35.5. The van der Waals surface area contributed by atoms with Gasteiger partial charge in [-0.2, -0.15) is 5.10 Å². The van der Waals surface area contributed by atoms with Gasteiger partial charge in [0.25, 0.3) is 5.91 Å². The van der Waals surface area contributed by atoms with Gasteiger partial charge in [-0.3, -0.25) is 9.59 Å². The molecule has 0 bridgehead atoms. The number of aryl methyl sites for hydroxylation is 1. The predicted molar refractivity (Wildman–Crippen MR) is 151 cm³/mol. The third-order valence-corrected chi connectivity index (χ3v) is 6.42. The van der Waals surface area contributed by atoms with Crippen molar-refractivity contribution in [3.63, 3.8) is 0 Å². The van der Waals surface area contributed by atoms with Crippen LogP contribution < -0.4 is 10.7 Å². The van der Waals surface area contributed by atoms with Crippen LogP contribution in [0.3, 0.4) is 0 Å². The van der Waals surface area contributed by atoms with Crippen LogP contribution >= 0.6 is 11.6 Å². The minimum atomic E-state index is -0.360. The number of carbonyl (C=O) groups excluding carboxylic acids is 2. The lowest BCUT2D eigenvalue weighted by Gasteiger charge is -2.11. The van der Waals surface area contributed by atoms with Crippen molar-refractivity contribution in [3.05, 3.63) is 94.5 Å². The Hall–Kier alpha value is -4.03. The molecule has 0 fully saturated rings. The maximum Gasteiger partial charge on any atom is 0.272 e. The first-order chi connectivity index (χ1) is 17.8. The highest BCUT2D eigenvalue weighted by Gasteiger charge is 2.16. The van der Waals surface area contributed by atoms with Crippen LogP contribution in [-0.4, -0.2) is 22.5 Å². The molecule has 1 heterocycles. The molecule has 0 radical (unpaired) electrons. The van der Waals surface area contributed by atoms with Crippen LogP contribution in [0.15, 0.2) is 77.9 Å². The Bertz CT molecular complexity index is 1480. The molecule has 6 nitrogen and oxygen atoms in total. The van der Waals surface area contributed by atoms with Crippen molar-refractivity contribution in [3.8, 4) is 11.3 Å². The van der Waals surface area contributed by atoms with E-state index in [1.807, 2.05) is 63.2 Å². The number of nitrogens with one attached hydrogen (secondary N) is 2. The topological polar surface area (TPSA) is 83.5 Å². The summed E-state index contributed by atoms with van der Waals surface area (Å²) in [6.07, 6.45) is 0.942. The third-order valence-electron chi connectivity index (χ3n) is 6.11. The smallest absolute Gasteiger partial charge is 0.272 e. The van der Waals surface area contributed by atoms with Crippen molar-refractivity contribution in [2.45, 2.75) is 34.1 Å². The highest BCUT2D eigenvalue weighted by Crippen LogP contribution is 2.29. The standard InChI is InChI=1S/C30H29ClN4O2/c1-5-20-9-11-22(12-10-20)27-17-25(24-7-6-8-26(31)28(24)33-27)30(37)35-34-19(4)21-13-15-23(16-14-21)32-29(36)18(2)3/h6-18H,5H2,1-4H3,(H,32,36)(H,35,37)/b34-19+. The molecular formula is C30H29ClN4O2. The van der Waals surface area contributed by atoms with Gasteiger partial charge in [-0.25, -0.2) is 10.4 Å². The molecule has 4 aromatic rings. The number of hydrogen-bond acceptors (Lipinski definition) is 4. The van der Waals surface area contributed by atoms with Crippen LogP contribution in [0.25, 0.3) is 22.2 Å². The van der Waals surface area contributed by atoms with Gasteiger partial charge >= 0.3 is 0 Å². The largest absolute Gasteiger partial charge is 0.326 e. The van der Waals surface area contributed by atoms with Gasteiger partial charge in [0.15, 0.2) is 0 Å². The van der Waals surface area contributed by atoms with E-state index in [4.69, 9.17) is 16.6 Å². The van der Waals surface area contributed by atoms with E-state index in [1.165, 1.54) is 5.56 Å². The minimum absolute atomic E-state index is 0.0456. The molecule has 2 amide bonds. The number of carbonyl (C=O) groups is 2. The quantitative estimate of drug-likeness (QED) is 0.209. The number of fused-ring (bicyclic) bond motifs is 1. The number of para-hydroxylation sites is 1. The molecule has 0 aliphatic carbocycles. The third kappa shape index (κ3) is 6.04. The fourth-order valence-electron chi connectivity index (χ4n) is 3.80. The van der Waals surface area contributed by atoms with Gasteiger partial charge < -0.3 is 5.32 Å². The number of hydrogen-bond donors (Lipinski definition) is 2. The molecule has 2 N–H and O–H groups in total. The molecule has 3 aromatic carbocycles. The predicted octanol–water partition coefficient (Wildman–Crippen LogP) is 6.87. The number of halogens is 1. The van der Waals surface area contributed by atoms with E-state index in [-0.39, 0.29) is 17.7 Å². The van der Waals surface area contributed by atoms with Gasteiger partial charge in [-0.15, -0.1) is 0 Å². The first-order valence-electron chi connectivity index (χ1n) is 12.2. The number of pyridine rings is 1. The van der Waals surface area contributed by atoms with E-state index in [9.17, 15) is 9.59 Å². The minimum Gasteiger partial charge on any atom is -0.326 e. The van der Waals surface area contributed by atoms with Crippen LogP contribution in [0, 0.1) is 5.92 Å². The van der Waals surface area contributed by atoms with E-state index >= 15 is 0 Å². The molecule has 37 heavy (non-hydrogen) atoms. The lowest BCUT2D eigenvalue weighted by atomic mass is 10.0. The monoisotopic (exact) mass is 512 g/mol. The fraction of sp³-hybridized carbons (Fsp3) is 0.200. The zero-order chi connectivity index (χ0) is 26.5. The summed E-state index contributed by atoms with van der Waals surface area (Å²) in [4.78, 5) is 29.9. The molecule has 0 saturated carbocycles. The Morgan fingerprint density at radius 1 is 1.00 bits per heavy atom. The van der Waals surface area contributed by atoms with Crippen molar-refractivity contribution in [1.82, 2.24) is 10.4 Å². The second kappa shape index (κ2) is 11.4. The van der Waals surface area contributed by atoms with Gasteiger partial charge in [0.2, 0.25) is 5.91 Å². The van der Waals surface area contributed by atoms with Crippen LogP contribution in [0.4, 0.5) is 5.69 Å². The molecule has 0 aliphatic heterocycles. The summed E-state index contributed by atoms with van der Waals surface area (Å²) in [6.45, 7) is 7.60. The average molecular weight is 513 g/mol. The molecule has 0 saturated heterocycles. The van der Waals surface area contributed by atoms with Crippen LogP contribution in [-0.2, 0) is 11.2 Å². The zero-order valence-corrected chi connectivity index (χ0v) is 22.1. The Labute approximate surface area is 221 Å². The number of aromatic nitrogens is 1. The van der Waals surface area contributed by atoms with Crippen LogP contribution in [0.2, 0.25) is 5.02 Å². The van der Waals surface area contributed by atoms with Crippen molar-refractivity contribution in [1.29, 1.82) is 0 Å². The SMILES string of the molecule is CCc1ccc(-c2cc(C(=O)N/N=C(\C)c3ccc(NC(=O)C(C)C)cc3)c3cccc(Cl)c3n2)cc1. The summed E-state index contributed by atoms with van der Waals surface area (Å²) in [5.41, 5.74) is 8.61. The molecule has 0 spiro atoms. The summed E-state index contributed by atoms with van der Waals surface area (Å²) in [6, 6.07) is 22.6. The van der Waals surface area contributed by atoms with Gasteiger partial charge in [0.1, 0.15) is 0 Å². The van der Waals surface area contributed by atoms with Crippen molar-refractivity contribution >= 4 is 45.7 Å². The highest BCUT2D eigenvalue weighted by molar-refractivity contribution is 6.35. The second-order valence-electron chi connectivity index (χ2n) is 9.10. The number of benzene rings is 3. The first-order valence-corrected chi connectivity index (χ1v) is 12.6. The normalized spacial score (nSPS) is 11.6. The van der Waals surface area contributed by atoms with Gasteiger partial charge in [0, 0.05) is 22.6 Å². The first kappa shape index (κ1) is 26.0. The lowest BCUT2D eigenvalue weighted by molar-refractivity contribution is -0.118. The number of nitrogens with zero attached hydrogens (tertiary/aromatic N) is 2. The molecule has 188 valence electrons. The summed E-state index contributed by atoms with van der Waals surface area (Å²) in [5.74, 6) is -0.509. The van der Waals surface area contributed by atoms with E-state index in [0.717, 1.165) is 17.5 Å². The molecule has 0 atom stereocenters. The zero-order valence-electron chi connectivity index (χ0n) is 21.3. The average Bonchev–Trinajstić information content (AvgIpc) is 2.91. The lowest BCUT2D eigenvalue weighted by Crippen LogP contribution is -2.20. The van der Waals surface area contributed by atoms with Crippen molar-refractivity contribution in [2.24, 2.45) is 11.0 Å². The maximum absolute atomic E-state index is 13.3. The summed E-state index contributed by atoms with van der Waals surface area (Å²) in [5, 5.41) is 8.31. The number of rotatable bonds is 7. The van der Waals surface area contributed by atoms with Gasteiger partial charge in [-0.05, 0) is 48.7 Å². The van der Waals surface area contributed by atoms with Crippen molar-refractivity contribution < 1.29 is 9.59 Å². The number of amides is 2. The second-order valence-corrected chi connectivity index (χ2v) is 9.51. The van der Waals surface area contributed by atoms with Gasteiger partial charge in [0.05, 0.1) is 27.5 Å². The molecule has 1 aromatic heterocycles. The molecular weight excluding hydrogens is 484 g/mol. The summed E-state index contributed by atoms with van der Waals surface area (Å²) in [7, 11) is 0. The Kier molecular flexibility index (Phi) is 7.99. The molecule has 7 heteroatoms. The van der Waals surface area contributed by atoms with E-state index in [1.54, 1.807) is 18.2 Å². The van der Waals surface area contributed by atoms with E-state index in [2.05, 4.69) is 34.9 Å². The van der Waals surface area contributed by atoms with E-state index in [0.29, 0.717) is 38.6 Å². The number of anilines is 1. The molecule has 0 unspecified atom stereocenters. The fourth-order valence-corrected chi connectivity index (χ4v) is 4.02. The molecule has 4 rings (SSSR count). The van der Waals surface area contributed by atoms with Crippen LogP contribution in [0.5, 0.6) is 0 Å². The summed E-state index contributed by atoms with van der Waals surface area (Å²) >= 11 is 6.46.